The van der Waals surface area contributed by atoms with Gasteiger partial charge in [0.05, 0.1) is 6.04 Å². The van der Waals surface area contributed by atoms with Gasteiger partial charge in [-0.1, -0.05) is 0 Å². The van der Waals surface area contributed by atoms with Crippen LogP contribution in [-0.2, 0) is 14.4 Å². The van der Waals surface area contributed by atoms with Crippen molar-refractivity contribution in [2.24, 2.45) is 5.73 Å². The first-order valence-electron chi connectivity index (χ1n) is 7.72. The Morgan fingerprint density at radius 3 is 2.60 bits per heavy atom. The number of carbonyl (C=O) groups excluding carboxylic acids is 2. The molecule has 3 N–H and O–H groups in total. The van der Waals surface area contributed by atoms with E-state index in [0.717, 1.165) is 4.90 Å². The van der Waals surface area contributed by atoms with Crippen molar-refractivity contribution < 1.29 is 32.7 Å². The molecule has 25 heavy (non-hydrogen) atoms. The molecule has 0 spiro atoms. The Hall–Kier alpha value is -2.36. The van der Waals surface area contributed by atoms with Crippen LogP contribution >= 0.6 is 0 Å². The molecule has 3 aliphatic rings. The van der Waals surface area contributed by atoms with Crippen molar-refractivity contribution >= 4 is 17.8 Å². The number of aliphatic carboxylic acids is 1. The third-order valence-corrected chi connectivity index (χ3v) is 4.66. The summed E-state index contributed by atoms with van der Waals surface area (Å²) in [5.41, 5.74) is 5.80. The van der Waals surface area contributed by atoms with Crippen molar-refractivity contribution in [3.05, 3.63) is 22.9 Å². The predicted molar refractivity (Wildman–Crippen MR) is 77.8 cm³/mol. The van der Waals surface area contributed by atoms with E-state index in [1.807, 2.05) is 0 Å². The molecular weight excluding hydrogens is 343 g/mol. The van der Waals surface area contributed by atoms with E-state index in [0.29, 0.717) is 17.7 Å². The number of likely N-dealkylation sites (tertiary alicyclic amines) is 1. The van der Waals surface area contributed by atoms with E-state index < -0.39 is 36.5 Å². The second-order valence-corrected chi connectivity index (χ2v) is 6.28. The largest absolute Gasteiger partial charge is 0.477 e. The van der Waals surface area contributed by atoms with Crippen molar-refractivity contribution in [2.75, 3.05) is 13.1 Å². The highest BCUT2D eigenvalue weighted by atomic mass is 19.4. The molecule has 3 rings (SSSR count). The summed E-state index contributed by atoms with van der Waals surface area (Å²) in [5, 5.41) is 9.41. The number of carbonyl (C=O) groups is 3. The Balaban J connectivity index is 1.88. The van der Waals surface area contributed by atoms with Crippen LogP contribution in [0.2, 0.25) is 0 Å². The van der Waals surface area contributed by atoms with Gasteiger partial charge < -0.3 is 15.7 Å². The molecule has 0 aromatic heterocycles. The van der Waals surface area contributed by atoms with Crippen molar-refractivity contribution in [3.8, 4) is 0 Å². The number of hydrogen-bond donors (Lipinski definition) is 2. The molecule has 0 aromatic carbocycles. The molecule has 0 aliphatic carbocycles. The summed E-state index contributed by atoms with van der Waals surface area (Å²) < 4.78 is 37.4. The normalized spacial score (nSPS) is 28.6. The van der Waals surface area contributed by atoms with Crippen LogP contribution in [0.15, 0.2) is 22.9 Å². The molecular formula is C15H16F3N3O4. The number of amides is 2. The number of carboxylic acids is 1. The molecule has 0 saturated carbocycles. The minimum Gasteiger partial charge on any atom is -0.477 e. The van der Waals surface area contributed by atoms with Gasteiger partial charge in [0.15, 0.2) is 0 Å². The molecule has 2 saturated heterocycles. The molecule has 7 nitrogen and oxygen atoms in total. The number of rotatable bonds is 3. The number of carboxylic acid groups (broad SMARTS) is 1. The van der Waals surface area contributed by atoms with E-state index in [9.17, 15) is 32.7 Å². The van der Waals surface area contributed by atoms with Crippen LogP contribution < -0.4 is 5.73 Å². The highest BCUT2D eigenvalue weighted by molar-refractivity contribution is 6.01. The van der Waals surface area contributed by atoms with Crippen LogP contribution in [-0.4, -0.2) is 64.0 Å². The fourth-order valence-electron chi connectivity index (χ4n) is 3.49. The minimum atomic E-state index is -4.49. The van der Waals surface area contributed by atoms with Gasteiger partial charge in [-0.05, 0) is 30.9 Å². The Morgan fingerprint density at radius 1 is 1.32 bits per heavy atom. The molecule has 0 aromatic rings. The van der Waals surface area contributed by atoms with Crippen molar-refractivity contribution in [1.82, 2.24) is 9.80 Å². The van der Waals surface area contributed by atoms with Gasteiger partial charge in [0.1, 0.15) is 18.3 Å². The lowest BCUT2D eigenvalue weighted by Gasteiger charge is -2.48. The summed E-state index contributed by atoms with van der Waals surface area (Å²) in [4.78, 5) is 37.3. The average molecular weight is 359 g/mol. The first-order valence-corrected chi connectivity index (χ1v) is 7.72. The molecule has 2 fully saturated rings. The summed E-state index contributed by atoms with van der Waals surface area (Å²) >= 11 is 0. The maximum Gasteiger partial charge on any atom is 0.406 e. The monoisotopic (exact) mass is 359 g/mol. The fourth-order valence-corrected chi connectivity index (χ4v) is 3.49. The average Bonchev–Trinajstić information content (AvgIpc) is 2.84. The second kappa shape index (κ2) is 5.87. The summed E-state index contributed by atoms with van der Waals surface area (Å²) in [6, 6.07) is -1.12. The summed E-state index contributed by atoms with van der Waals surface area (Å²) in [7, 11) is 0. The number of nitrogens with zero attached hydrogens (tertiary/aromatic N) is 2. The van der Waals surface area contributed by atoms with Crippen LogP contribution in [0.4, 0.5) is 13.2 Å². The van der Waals surface area contributed by atoms with Crippen LogP contribution in [0, 0.1) is 0 Å². The van der Waals surface area contributed by atoms with Gasteiger partial charge in [0.25, 0.3) is 0 Å². The maximum absolute atomic E-state index is 12.5. The SMILES string of the molecule is N[C@@H]1C(=O)N2C(C(=O)O)=C(C=C3CCN(CC(F)(F)F)C3=O)CC[C@H]12. The van der Waals surface area contributed by atoms with E-state index in [-0.39, 0.29) is 35.9 Å². The van der Waals surface area contributed by atoms with Gasteiger partial charge in [-0.3, -0.25) is 14.5 Å². The smallest absolute Gasteiger partial charge is 0.406 e. The third kappa shape index (κ3) is 3.01. The fraction of sp³-hybridized carbons (Fsp3) is 0.533. The Bertz CT molecular complexity index is 713. The van der Waals surface area contributed by atoms with Crippen molar-refractivity contribution in [1.29, 1.82) is 0 Å². The summed E-state index contributed by atoms with van der Waals surface area (Å²) in [6.07, 6.45) is -2.34. The van der Waals surface area contributed by atoms with Crippen LogP contribution in [0.25, 0.3) is 0 Å². The van der Waals surface area contributed by atoms with Gasteiger partial charge >= 0.3 is 12.1 Å². The first kappa shape index (κ1) is 17.5. The maximum atomic E-state index is 12.5. The van der Waals surface area contributed by atoms with E-state index in [1.54, 1.807) is 0 Å². The zero-order valence-corrected chi connectivity index (χ0v) is 13.0. The number of alkyl halides is 3. The highest BCUT2D eigenvalue weighted by Crippen LogP contribution is 2.37. The lowest BCUT2D eigenvalue weighted by Crippen LogP contribution is -2.69. The number of fused-ring (bicyclic) bond motifs is 1. The molecule has 10 heteroatoms. The summed E-state index contributed by atoms with van der Waals surface area (Å²) in [6.45, 7) is -1.41. The van der Waals surface area contributed by atoms with Gasteiger partial charge in [0, 0.05) is 12.1 Å². The number of β-lactam (4-membered cyclic amide) rings is 1. The molecule has 2 atom stereocenters. The van der Waals surface area contributed by atoms with Gasteiger partial charge in [-0.25, -0.2) is 4.79 Å². The number of allylic oxidation sites excluding steroid dienone is 2. The predicted octanol–water partition coefficient (Wildman–Crippen LogP) is 0.378. The zero-order valence-electron chi connectivity index (χ0n) is 13.0. The Labute approximate surface area is 140 Å². The Morgan fingerprint density at radius 2 is 2.00 bits per heavy atom. The number of nitrogens with two attached hydrogens (primary N) is 1. The Kier molecular flexibility index (Phi) is 4.10. The molecule has 3 heterocycles. The number of halogens is 3. The van der Waals surface area contributed by atoms with Crippen molar-refractivity contribution in [3.63, 3.8) is 0 Å². The summed E-state index contributed by atoms with van der Waals surface area (Å²) in [5.74, 6) is -2.59. The molecule has 0 bridgehead atoms. The molecule has 2 amide bonds. The van der Waals surface area contributed by atoms with Crippen molar-refractivity contribution in [2.45, 2.75) is 37.5 Å². The van der Waals surface area contributed by atoms with Crippen LogP contribution in [0.3, 0.4) is 0 Å². The van der Waals surface area contributed by atoms with E-state index in [4.69, 9.17) is 5.73 Å². The molecule has 0 unspecified atom stereocenters. The van der Waals surface area contributed by atoms with E-state index >= 15 is 0 Å². The lowest BCUT2D eigenvalue weighted by atomic mass is 9.83. The topological polar surface area (TPSA) is 104 Å². The van der Waals surface area contributed by atoms with Crippen LogP contribution in [0.5, 0.6) is 0 Å². The van der Waals surface area contributed by atoms with Gasteiger partial charge in [-0.2, -0.15) is 13.2 Å². The van der Waals surface area contributed by atoms with E-state index in [2.05, 4.69) is 0 Å². The quantitative estimate of drug-likeness (QED) is 0.560. The lowest BCUT2D eigenvalue weighted by molar-refractivity contribution is -0.156. The first-order chi connectivity index (χ1) is 11.6. The van der Waals surface area contributed by atoms with E-state index in [1.165, 1.54) is 6.08 Å². The minimum absolute atomic E-state index is 0.0734. The third-order valence-electron chi connectivity index (χ3n) is 4.66. The van der Waals surface area contributed by atoms with Gasteiger partial charge in [0.2, 0.25) is 11.8 Å². The van der Waals surface area contributed by atoms with Gasteiger partial charge in [-0.15, -0.1) is 0 Å². The standard InChI is InChI=1S/C15H16F3N3O4/c16-15(17,18)6-20-4-3-8(12(20)22)5-7-1-2-9-10(19)13(23)21(9)11(7)14(24)25/h5,9-10H,1-4,6,19H2,(H,24,25)/t9-,10+/m1/s1. The second-order valence-electron chi connectivity index (χ2n) is 6.28. The van der Waals surface area contributed by atoms with Crippen LogP contribution in [0.1, 0.15) is 19.3 Å². The molecule has 3 aliphatic heterocycles. The molecule has 0 radical (unpaired) electrons. The molecule has 136 valence electrons. The number of hydrogen-bond acceptors (Lipinski definition) is 4. The zero-order chi connectivity index (χ0) is 18.5. The highest BCUT2D eigenvalue weighted by Gasteiger charge is 2.50.